The normalized spacial score (nSPS) is 10.3. The Kier molecular flexibility index (Phi) is 6.60. The maximum absolute atomic E-state index is 12.7. The minimum Gasteiger partial charge on any atom is -0.497 e. The molecule has 0 aliphatic rings. The SMILES string of the molecule is COc1ccc(OC)c(C(=O)Nc2ccccc2C(=O)NCC(C)C)c1. The molecule has 0 aromatic heterocycles. The van der Waals surface area contributed by atoms with Gasteiger partial charge in [0.05, 0.1) is 31.0 Å². The smallest absolute Gasteiger partial charge is 0.259 e. The number of amides is 2. The minimum atomic E-state index is -0.384. The summed E-state index contributed by atoms with van der Waals surface area (Å²) in [6, 6.07) is 11.8. The van der Waals surface area contributed by atoms with E-state index in [2.05, 4.69) is 10.6 Å². The number of carbonyl (C=O) groups is 2. The lowest BCUT2D eigenvalue weighted by molar-refractivity contribution is 0.0950. The number of carbonyl (C=O) groups excluding carboxylic acids is 2. The summed E-state index contributed by atoms with van der Waals surface area (Å²) in [6.45, 7) is 4.59. The molecule has 0 fully saturated rings. The van der Waals surface area contributed by atoms with Crippen LogP contribution in [0.1, 0.15) is 34.6 Å². The summed E-state index contributed by atoms with van der Waals surface area (Å²) in [6.07, 6.45) is 0. The predicted molar refractivity (Wildman–Crippen MR) is 101 cm³/mol. The Labute approximate surface area is 153 Å². The van der Waals surface area contributed by atoms with Crippen molar-refractivity contribution in [2.75, 3.05) is 26.1 Å². The topological polar surface area (TPSA) is 76.7 Å². The van der Waals surface area contributed by atoms with Crippen molar-refractivity contribution in [1.82, 2.24) is 5.32 Å². The molecule has 0 atom stereocenters. The van der Waals surface area contributed by atoms with Gasteiger partial charge >= 0.3 is 0 Å². The molecule has 2 aromatic rings. The number of anilines is 1. The molecule has 6 nitrogen and oxygen atoms in total. The van der Waals surface area contributed by atoms with Crippen molar-refractivity contribution >= 4 is 17.5 Å². The molecule has 6 heteroatoms. The Hall–Kier alpha value is -3.02. The van der Waals surface area contributed by atoms with Crippen LogP contribution in [0.2, 0.25) is 0 Å². The number of hydrogen-bond acceptors (Lipinski definition) is 4. The summed E-state index contributed by atoms with van der Waals surface area (Å²) in [7, 11) is 3.02. The fraction of sp³-hybridized carbons (Fsp3) is 0.300. The van der Waals surface area contributed by atoms with E-state index in [-0.39, 0.29) is 11.8 Å². The number of rotatable bonds is 7. The first kappa shape index (κ1) is 19.3. The van der Waals surface area contributed by atoms with Crippen LogP contribution in [0.3, 0.4) is 0 Å². The molecule has 0 bridgehead atoms. The molecule has 2 rings (SSSR count). The van der Waals surface area contributed by atoms with E-state index in [0.29, 0.717) is 40.8 Å². The highest BCUT2D eigenvalue weighted by molar-refractivity contribution is 6.10. The predicted octanol–water partition coefficient (Wildman–Crippen LogP) is 3.34. The highest BCUT2D eigenvalue weighted by atomic mass is 16.5. The monoisotopic (exact) mass is 356 g/mol. The minimum absolute atomic E-state index is 0.229. The van der Waals surface area contributed by atoms with Gasteiger partial charge in [0.1, 0.15) is 11.5 Å². The van der Waals surface area contributed by atoms with Gasteiger partial charge in [-0.15, -0.1) is 0 Å². The Morgan fingerprint density at radius 3 is 2.35 bits per heavy atom. The van der Waals surface area contributed by atoms with Crippen LogP contribution in [-0.2, 0) is 0 Å². The van der Waals surface area contributed by atoms with Crippen LogP contribution >= 0.6 is 0 Å². The van der Waals surface area contributed by atoms with Gasteiger partial charge in [-0.05, 0) is 36.2 Å². The second kappa shape index (κ2) is 8.89. The average Bonchev–Trinajstić information content (AvgIpc) is 2.65. The number of nitrogens with one attached hydrogen (secondary N) is 2. The van der Waals surface area contributed by atoms with Crippen LogP contribution in [0, 0.1) is 5.92 Å². The Bertz CT molecular complexity index is 787. The second-order valence-corrected chi connectivity index (χ2v) is 6.17. The fourth-order valence-electron chi connectivity index (χ4n) is 2.36. The second-order valence-electron chi connectivity index (χ2n) is 6.17. The summed E-state index contributed by atoms with van der Waals surface area (Å²) in [4.78, 5) is 25.1. The zero-order valence-corrected chi connectivity index (χ0v) is 15.5. The van der Waals surface area contributed by atoms with E-state index in [1.54, 1.807) is 42.5 Å². The molecule has 0 spiro atoms. The lowest BCUT2D eigenvalue weighted by Crippen LogP contribution is -2.28. The Morgan fingerprint density at radius 1 is 0.962 bits per heavy atom. The van der Waals surface area contributed by atoms with E-state index in [1.807, 2.05) is 13.8 Å². The van der Waals surface area contributed by atoms with Crippen LogP contribution in [0.25, 0.3) is 0 Å². The molecule has 0 aliphatic heterocycles. The van der Waals surface area contributed by atoms with Crippen molar-refractivity contribution in [3.63, 3.8) is 0 Å². The van der Waals surface area contributed by atoms with Gasteiger partial charge in [0.25, 0.3) is 11.8 Å². The fourth-order valence-corrected chi connectivity index (χ4v) is 2.36. The third-order valence-corrected chi connectivity index (χ3v) is 3.74. The third-order valence-electron chi connectivity index (χ3n) is 3.74. The van der Waals surface area contributed by atoms with Gasteiger partial charge in [-0.25, -0.2) is 0 Å². The maximum atomic E-state index is 12.7. The molecule has 2 N–H and O–H groups in total. The number of benzene rings is 2. The molecular weight excluding hydrogens is 332 g/mol. The molecule has 26 heavy (non-hydrogen) atoms. The van der Waals surface area contributed by atoms with Crippen LogP contribution in [0.5, 0.6) is 11.5 Å². The van der Waals surface area contributed by atoms with Crippen LogP contribution in [0.15, 0.2) is 42.5 Å². The molecule has 2 aromatic carbocycles. The largest absolute Gasteiger partial charge is 0.497 e. The van der Waals surface area contributed by atoms with Gasteiger partial charge < -0.3 is 20.1 Å². The van der Waals surface area contributed by atoms with Gasteiger partial charge in [0.2, 0.25) is 0 Å². The van der Waals surface area contributed by atoms with Gasteiger partial charge in [0, 0.05) is 6.54 Å². The molecule has 0 radical (unpaired) electrons. The number of para-hydroxylation sites is 1. The molecule has 0 unspecified atom stereocenters. The van der Waals surface area contributed by atoms with Crippen molar-refractivity contribution in [3.05, 3.63) is 53.6 Å². The first-order chi connectivity index (χ1) is 12.5. The maximum Gasteiger partial charge on any atom is 0.259 e. The lowest BCUT2D eigenvalue weighted by atomic mass is 10.1. The van der Waals surface area contributed by atoms with E-state index >= 15 is 0 Å². The number of methoxy groups -OCH3 is 2. The third kappa shape index (κ3) is 4.75. The standard InChI is InChI=1S/C20H24N2O4/c1-13(2)12-21-19(23)15-7-5-6-8-17(15)22-20(24)16-11-14(25-3)9-10-18(16)26-4/h5-11,13H,12H2,1-4H3,(H,21,23)(H,22,24). The summed E-state index contributed by atoms with van der Waals surface area (Å²) in [5, 5.41) is 5.64. The molecule has 2 amide bonds. The molecule has 0 aliphatic carbocycles. The van der Waals surface area contributed by atoms with Crippen molar-refractivity contribution in [2.24, 2.45) is 5.92 Å². The number of ether oxygens (including phenoxy) is 2. The first-order valence-electron chi connectivity index (χ1n) is 8.36. The van der Waals surface area contributed by atoms with Gasteiger partial charge in [-0.2, -0.15) is 0 Å². The van der Waals surface area contributed by atoms with E-state index in [1.165, 1.54) is 14.2 Å². The zero-order valence-electron chi connectivity index (χ0n) is 15.5. The van der Waals surface area contributed by atoms with E-state index in [4.69, 9.17) is 9.47 Å². The van der Waals surface area contributed by atoms with Crippen molar-refractivity contribution < 1.29 is 19.1 Å². The lowest BCUT2D eigenvalue weighted by Gasteiger charge is -2.14. The average molecular weight is 356 g/mol. The van der Waals surface area contributed by atoms with Gasteiger partial charge in [-0.3, -0.25) is 9.59 Å². The summed E-state index contributed by atoms with van der Waals surface area (Å²) in [5.41, 5.74) is 1.16. The van der Waals surface area contributed by atoms with Crippen LogP contribution in [-0.4, -0.2) is 32.6 Å². The van der Waals surface area contributed by atoms with Crippen molar-refractivity contribution in [1.29, 1.82) is 0 Å². The van der Waals surface area contributed by atoms with E-state index in [9.17, 15) is 9.59 Å². The zero-order chi connectivity index (χ0) is 19.1. The van der Waals surface area contributed by atoms with E-state index in [0.717, 1.165) is 0 Å². The van der Waals surface area contributed by atoms with E-state index < -0.39 is 0 Å². The van der Waals surface area contributed by atoms with Crippen LogP contribution in [0.4, 0.5) is 5.69 Å². The quantitative estimate of drug-likeness (QED) is 0.798. The first-order valence-corrected chi connectivity index (χ1v) is 8.36. The van der Waals surface area contributed by atoms with Crippen molar-refractivity contribution in [3.8, 4) is 11.5 Å². The summed E-state index contributed by atoms with van der Waals surface area (Å²) < 4.78 is 10.4. The van der Waals surface area contributed by atoms with Gasteiger partial charge in [0.15, 0.2) is 0 Å². The summed E-state index contributed by atoms with van der Waals surface area (Å²) in [5.74, 6) is 0.683. The number of hydrogen-bond donors (Lipinski definition) is 2. The Morgan fingerprint density at radius 2 is 1.69 bits per heavy atom. The van der Waals surface area contributed by atoms with Gasteiger partial charge in [-0.1, -0.05) is 26.0 Å². The van der Waals surface area contributed by atoms with Crippen molar-refractivity contribution in [2.45, 2.75) is 13.8 Å². The Balaban J connectivity index is 2.26. The highest BCUT2D eigenvalue weighted by Gasteiger charge is 2.17. The summed E-state index contributed by atoms with van der Waals surface area (Å²) >= 11 is 0. The molecule has 0 saturated heterocycles. The molecular formula is C20H24N2O4. The molecule has 0 heterocycles. The molecule has 138 valence electrons. The van der Waals surface area contributed by atoms with Crippen LogP contribution < -0.4 is 20.1 Å². The highest BCUT2D eigenvalue weighted by Crippen LogP contribution is 2.25. The molecule has 0 saturated carbocycles.